The van der Waals surface area contributed by atoms with Crippen LogP contribution in [0.5, 0.6) is 0 Å². The van der Waals surface area contributed by atoms with Crippen molar-refractivity contribution in [1.29, 1.82) is 0 Å². The van der Waals surface area contributed by atoms with Crippen LogP contribution < -0.4 is 0 Å². The van der Waals surface area contributed by atoms with E-state index in [4.69, 9.17) is 0 Å². The lowest BCUT2D eigenvalue weighted by Gasteiger charge is -2.06. The Balaban J connectivity index is 2.03. The van der Waals surface area contributed by atoms with Gasteiger partial charge in [0.1, 0.15) is 0 Å². The van der Waals surface area contributed by atoms with Crippen molar-refractivity contribution in [3.05, 3.63) is 0 Å². The van der Waals surface area contributed by atoms with Gasteiger partial charge in [-0.3, -0.25) is 0 Å². The van der Waals surface area contributed by atoms with E-state index < -0.39 is 10.0 Å². The van der Waals surface area contributed by atoms with Crippen LogP contribution in [0.2, 0.25) is 0 Å². The highest BCUT2D eigenvalue weighted by Gasteiger charge is 2.56. The summed E-state index contributed by atoms with van der Waals surface area (Å²) in [6.45, 7) is 1.91. The molecule has 4 heteroatoms. The fraction of sp³-hybridized carbons (Fsp3) is 1.00. The molecule has 0 aromatic rings. The van der Waals surface area contributed by atoms with E-state index in [0.29, 0.717) is 17.8 Å². The van der Waals surface area contributed by atoms with Crippen molar-refractivity contribution in [2.75, 3.05) is 5.75 Å². The second-order valence-electron chi connectivity index (χ2n) is 3.71. The SMILES string of the molecule is CCCS(=O)(=O)N1[C@@H]2CCC[C@@H]21. The van der Waals surface area contributed by atoms with E-state index >= 15 is 0 Å². The third-order valence-corrected chi connectivity index (χ3v) is 4.90. The van der Waals surface area contributed by atoms with Gasteiger partial charge in [0, 0.05) is 12.1 Å². The van der Waals surface area contributed by atoms with Gasteiger partial charge in [-0.25, -0.2) is 8.42 Å². The normalized spacial score (nSPS) is 39.6. The minimum absolute atomic E-state index is 0.333. The largest absolute Gasteiger partial charge is 0.214 e. The van der Waals surface area contributed by atoms with Gasteiger partial charge >= 0.3 is 0 Å². The summed E-state index contributed by atoms with van der Waals surface area (Å²) >= 11 is 0. The molecule has 0 amide bonds. The van der Waals surface area contributed by atoms with Gasteiger partial charge in [-0.05, 0) is 19.3 Å². The summed E-state index contributed by atoms with van der Waals surface area (Å²) < 4.78 is 24.8. The van der Waals surface area contributed by atoms with E-state index in [-0.39, 0.29) is 0 Å². The van der Waals surface area contributed by atoms with E-state index in [1.54, 1.807) is 4.31 Å². The Morgan fingerprint density at radius 1 is 1.33 bits per heavy atom. The number of fused-ring (bicyclic) bond motifs is 1. The zero-order valence-electron chi connectivity index (χ0n) is 7.36. The van der Waals surface area contributed by atoms with Crippen LogP contribution in [0.15, 0.2) is 0 Å². The predicted octanol–water partition coefficient (Wildman–Crippen LogP) is 0.963. The highest BCUT2D eigenvalue weighted by molar-refractivity contribution is 7.89. The number of hydrogen-bond acceptors (Lipinski definition) is 2. The summed E-state index contributed by atoms with van der Waals surface area (Å²) in [4.78, 5) is 0. The molecule has 2 fully saturated rings. The predicted molar refractivity (Wildman–Crippen MR) is 47.3 cm³/mol. The lowest BCUT2D eigenvalue weighted by molar-refractivity contribution is 0.516. The quantitative estimate of drug-likeness (QED) is 0.620. The Kier molecular flexibility index (Phi) is 1.92. The Bertz CT molecular complexity index is 263. The smallest absolute Gasteiger partial charge is 0.212 e. The second-order valence-corrected chi connectivity index (χ2v) is 5.71. The molecule has 1 aliphatic carbocycles. The molecule has 1 saturated carbocycles. The Hall–Kier alpha value is -0.0900. The molecular formula is C8H15NO2S. The first-order valence-electron chi connectivity index (χ1n) is 4.68. The zero-order chi connectivity index (χ0) is 8.77. The molecule has 2 rings (SSSR count). The van der Waals surface area contributed by atoms with Crippen LogP contribution in [0, 0.1) is 0 Å². The summed E-state index contributed by atoms with van der Waals surface area (Å²) in [6.07, 6.45) is 4.13. The minimum atomic E-state index is -2.86. The van der Waals surface area contributed by atoms with Crippen molar-refractivity contribution < 1.29 is 8.42 Å². The van der Waals surface area contributed by atoms with Gasteiger partial charge in [0.25, 0.3) is 0 Å². The first-order valence-corrected chi connectivity index (χ1v) is 6.29. The van der Waals surface area contributed by atoms with E-state index in [0.717, 1.165) is 19.3 Å². The molecule has 12 heavy (non-hydrogen) atoms. The molecule has 70 valence electrons. The van der Waals surface area contributed by atoms with Gasteiger partial charge in [-0.2, -0.15) is 4.31 Å². The van der Waals surface area contributed by atoms with Gasteiger partial charge in [0.15, 0.2) is 0 Å². The van der Waals surface area contributed by atoms with Crippen molar-refractivity contribution in [3.63, 3.8) is 0 Å². The van der Waals surface area contributed by atoms with E-state index in [9.17, 15) is 8.42 Å². The third-order valence-electron chi connectivity index (χ3n) is 2.79. The van der Waals surface area contributed by atoms with Gasteiger partial charge in [-0.1, -0.05) is 13.3 Å². The summed E-state index contributed by atoms with van der Waals surface area (Å²) in [5.41, 5.74) is 0. The zero-order valence-corrected chi connectivity index (χ0v) is 8.18. The van der Waals surface area contributed by atoms with Crippen molar-refractivity contribution in [3.8, 4) is 0 Å². The highest BCUT2D eigenvalue weighted by atomic mass is 32.2. The Morgan fingerprint density at radius 2 is 1.92 bits per heavy atom. The van der Waals surface area contributed by atoms with E-state index in [2.05, 4.69) is 0 Å². The molecular weight excluding hydrogens is 174 g/mol. The fourth-order valence-corrected chi connectivity index (χ4v) is 4.25. The number of hydrogen-bond donors (Lipinski definition) is 0. The molecule has 0 radical (unpaired) electrons. The van der Waals surface area contributed by atoms with E-state index in [1.807, 2.05) is 6.92 Å². The average molecular weight is 189 g/mol. The molecule has 0 aromatic heterocycles. The summed E-state index contributed by atoms with van der Waals surface area (Å²) in [5, 5.41) is 0. The number of sulfonamides is 1. The number of rotatable bonds is 3. The van der Waals surface area contributed by atoms with Crippen molar-refractivity contribution in [2.45, 2.75) is 44.7 Å². The standard InChI is InChI=1S/C8H15NO2S/c1-2-6-12(10,11)9-7-4-3-5-8(7)9/h7-8H,2-6H2,1H3/t7-,8+,9?. The van der Waals surface area contributed by atoms with Crippen LogP contribution in [-0.2, 0) is 10.0 Å². The van der Waals surface area contributed by atoms with Crippen LogP contribution in [-0.4, -0.2) is 30.6 Å². The molecule has 0 N–H and O–H groups in total. The van der Waals surface area contributed by atoms with Crippen LogP contribution in [0.3, 0.4) is 0 Å². The van der Waals surface area contributed by atoms with Gasteiger partial charge in [0.05, 0.1) is 5.75 Å². The summed E-state index contributed by atoms with van der Waals surface area (Å²) in [5.74, 6) is 0.333. The maximum atomic E-state index is 11.5. The molecule has 1 unspecified atom stereocenters. The molecule has 1 saturated heterocycles. The first kappa shape index (κ1) is 8.51. The second kappa shape index (κ2) is 2.70. The van der Waals surface area contributed by atoms with Crippen LogP contribution in [0.1, 0.15) is 32.6 Å². The highest BCUT2D eigenvalue weighted by Crippen LogP contribution is 2.44. The molecule has 1 heterocycles. The van der Waals surface area contributed by atoms with Crippen molar-refractivity contribution in [2.24, 2.45) is 0 Å². The number of piperidine rings is 1. The average Bonchev–Trinajstić information content (AvgIpc) is 2.50. The van der Waals surface area contributed by atoms with E-state index in [1.165, 1.54) is 6.42 Å². The molecule has 0 spiro atoms. The lowest BCUT2D eigenvalue weighted by Crippen LogP contribution is -2.20. The topological polar surface area (TPSA) is 37.1 Å². The number of nitrogens with zero attached hydrogens (tertiary/aromatic N) is 1. The van der Waals surface area contributed by atoms with Crippen LogP contribution >= 0.6 is 0 Å². The molecule has 3 nitrogen and oxygen atoms in total. The fourth-order valence-electron chi connectivity index (χ4n) is 2.26. The maximum Gasteiger partial charge on any atom is 0.214 e. The monoisotopic (exact) mass is 189 g/mol. The Labute approximate surface area is 73.8 Å². The maximum absolute atomic E-state index is 11.5. The molecule has 0 aromatic carbocycles. The summed E-state index contributed by atoms with van der Waals surface area (Å²) in [7, 11) is -2.86. The molecule has 1 aliphatic heterocycles. The van der Waals surface area contributed by atoms with Crippen molar-refractivity contribution in [1.82, 2.24) is 4.31 Å². The molecule has 0 bridgehead atoms. The summed E-state index contributed by atoms with van der Waals surface area (Å²) in [6, 6.07) is 0.781. The third kappa shape index (κ3) is 1.17. The van der Waals surface area contributed by atoms with Crippen LogP contribution in [0.25, 0.3) is 0 Å². The molecule has 3 atom stereocenters. The first-order chi connectivity index (χ1) is 5.67. The molecule has 2 aliphatic rings. The van der Waals surface area contributed by atoms with Crippen LogP contribution in [0.4, 0.5) is 0 Å². The van der Waals surface area contributed by atoms with Crippen molar-refractivity contribution >= 4 is 10.0 Å². The minimum Gasteiger partial charge on any atom is -0.212 e. The van der Waals surface area contributed by atoms with Gasteiger partial charge in [0.2, 0.25) is 10.0 Å². The van der Waals surface area contributed by atoms with Gasteiger partial charge in [-0.15, -0.1) is 0 Å². The lowest BCUT2D eigenvalue weighted by atomic mass is 10.3. The van der Waals surface area contributed by atoms with Gasteiger partial charge < -0.3 is 0 Å². The Morgan fingerprint density at radius 3 is 2.42 bits per heavy atom.